The van der Waals surface area contributed by atoms with Gasteiger partial charge in [-0.3, -0.25) is 0 Å². The van der Waals surface area contributed by atoms with E-state index in [1.807, 2.05) is 42.5 Å². The van der Waals surface area contributed by atoms with Crippen molar-refractivity contribution in [3.63, 3.8) is 0 Å². The number of hydrogen-bond donors (Lipinski definition) is 1. The van der Waals surface area contributed by atoms with E-state index in [2.05, 4.69) is 14.9 Å². The number of ether oxygens (including phenoxy) is 1. The Bertz CT molecular complexity index is 1220. The number of aromatic nitrogens is 3. The molecule has 2 aliphatic rings. The first-order valence-corrected chi connectivity index (χ1v) is 9.69. The molecule has 1 saturated heterocycles. The summed E-state index contributed by atoms with van der Waals surface area (Å²) in [7, 11) is 0. The van der Waals surface area contributed by atoms with Crippen LogP contribution >= 0.6 is 0 Å². The lowest BCUT2D eigenvalue weighted by Crippen LogP contribution is -2.43. The van der Waals surface area contributed by atoms with Crippen molar-refractivity contribution >= 4 is 23.0 Å². The number of hydrogen-bond acceptors (Lipinski definition) is 6. The second-order valence-electron chi connectivity index (χ2n) is 7.55. The summed E-state index contributed by atoms with van der Waals surface area (Å²) in [4.78, 5) is 26.9. The van der Waals surface area contributed by atoms with Crippen LogP contribution in [-0.2, 0) is 10.3 Å². The average Bonchev–Trinajstić information content (AvgIpc) is 3.48. The van der Waals surface area contributed by atoms with E-state index in [1.54, 1.807) is 12.5 Å². The fourth-order valence-corrected chi connectivity index (χ4v) is 4.44. The molecule has 29 heavy (non-hydrogen) atoms. The van der Waals surface area contributed by atoms with Crippen molar-refractivity contribution in [3.8, 4) is 11.5 Å². The van der Waals surface area contributed by atoms with Crippen molar-refractivity contribution in [2.45, 2.75) is 18.4 Å². The molecule has 1 spiro atoms. The average molecular weight is 386 g/mol. The minimum Gasteiger partial charge on any atom is -0.450 e. The molecule has 4 heterocycles. The lowest BCUT2D eigenvalue weighted by molar-refractivity contribution is -0.0211. The molecule has 0 atom stereocenters. The van der Waals surface area contributed by atoms with Crippen LogP contribution in [0.5, 0.6) is 0 Å². The van der Waals surface area contributed by atoms with Crippen molar-refractivity contribution in [1.82, 2.24) is 15.0 Å². The number of carbonyl (C=O) groups is 1. The maximum absolute atomic E-state index is 12.3. The summed E-state index contributed by atoms with van der Waals surface area (Å²) in [5.41, 5.74) is 3.94. The molecule has 1 N–H and O–H groups in total. The van der Waals surface area contributed by atoms with Gasteiger partial charge < -0.3 is 19.0 Å². The van der Waals surface area contributed by atoms with E-state index in [9.17, 15) is 4.79 Å². The van der Waals surface area contributed by atoms with Crippen LogP contribution in [0, 0.1) is 0 Å². The van der Waals surface area contributed by atoms with Crippen LogP contribution in [0.1, 0.15) is 28.8 Å². The third-order valence-electron chi connectivity index (χ3n) is 5.95. The predicted octanol–water partition coefficient (Wildman–Crippen LogP) is 3.88. The predicted molar refractivity (Wildman–Crippen MR) is 107 cm³/mol. The van der Waals surface area contributed by atoms with E-state index in [-0.39, 0.29) is 5.97 Å². The Labute approximate surface area is 166 Å². The Hall–Kier alpha value is -3.61. The maximum atomic E-state index is 12.3. The summed E-state index contributed by atoms with van der Waals surface area (Å²) < 4.78 is 11.2. The molecule has 1 fully saturated rings. The second kappa shape index (κ2) is 5.94. The maximum Gasteiger partial charge on any atom is 0.339 e. The number of nitrogens with zero attached hydrogens (tertiary/aromatic N) is 3. The normalized spacial score (nSPS) is 17.7. The van der Waals surface area contributed by atoms with Crippen molar-refractivity contribution in [2.24, 2.45) is 0 Å². The monoisotopic (exact) mass is 386 g/mol. The van der Waals surface area contributed by atoms with Gasteiger partial charge in [0, 0.05) is 37.1 Å². The highest BCUT2D eigenvalue weighted by atomic mass is 16.6. The molecule has 0 saturated carbocycles. The number of esters is 1. The van der Waals surface area contributed by atoms with Gasteiger partial charge in [0.15, 0.2) is 0 Å². The molecule has 144 valence electrons. The molecule has 0 bridgehead atoms. The zero-order chi connectivity index (χ0) is 19.4. The van der Waals surface area contributed by atoms with Crippen LogP contribution in [0.25, 0.3) is 22.5 Å². The quantitative estimate of drug-likeness (QED) is 0.526. The molecule has 0 aliphatic carbocycles. The third-order valence-corrected chi connectivity index (χ3v) is 5.95. The van der Waals surface area contributed by atoms with Crippen LogP contribution in [0.3, 0.4) is 0 Å². The summed E-state index contributed by atoms with van der Waals surface area (Å²) in [5.74, 6) is 1.20. The number of nitrogens with one attached hydrogen (secondary N) is 1. The zero-order valence-electron chi connectivity index (χ0n) is 15.6. The van der Waals surface area contributed by atoms with Gasteiger partial charge in [-0.2, -0.15) is 0 Å². The van der Waals surface area contributed by atoms with E-state index in [1.165, 1.54) is 0 Å². The van der Waals surface area contributed by atoms with Crippen LogP contribution in [0.2, 0.25) is 0 Å². The Morgan fingerprint density at radius 2 is 1.97 bits per heavy atom. The molecule has 0 unspecified atom stereocenters. The van der Waals surface area contributed by atoms with E-state index in [4.69, 9.17) is 14.1 Å². The van der Waals surface area contributed by atoms with Gasteiger partial charge in [0.2, 0.25) is 11.8 Å². The Morgan fingerprint density at radius 1 is 1.10 bits per heavy atom. The van der Waals surface area contributed by atoms with Gasteiger partial charge in [-0.1, -0.05) is 18.2 Å². The van der Waals surface area contributed by atoms with E-state index >= 15 is 0 Å². The number of fused-ring (bicyclic) bond motifs is 3. The number of H-pyrrole nitrogens is 1. The van der Waals surface area contributed by atoms with E-state index in [0.29, 0.717) is 11.5 Å². The van der Waals surface area contributed by atoms with Gasteiger partial charge in [0.25, 0.3) is 0 Å². The first kappa shape index (κ1) is 16.4. The SMILES string of the molecule is O=C1OC2(CCN(c3nc4cc(-c5ncco5)ccc4[nH]3)CC2)c2ccccc21. The number of carbonyl (C=O) groups excluding carboxylic acids is 1. The first-order chi connectivity index (χ1) is 14.2. The largest absolute Gasteiger partial charge is 0.450 e. The number of rotatable bonds is 2. The standard InChI is InChI=1S/C22H18N4O3/c27-20-15-3-1-2-4-16(15)22(29-20)7-10-26(11-8-22)21-24-17-6-5-14(13-18(17)25-21)19-23-9-12-28-19/h1-6,9,12-13H,7-8,10-11H2,(H,24,25). The molecule has 2 aromatic heterocycles. The molecule has 2 aliphatic heterocycles. The fourth-order valence-electron chi connectivity index (χ4n) is 4.44. The molecule has 4 aromatic rings. The lowest BCUT2D eigenvalue weighted by atomic mass is 9.84. The van der Waals surface area contributed by atoms with Crippen LogP contribution in [0.4, 0.5) is 5.95 Å². The van der Waals surface area contributed by atoms with Crippen LogP contribution in [0.15, 0.2) is 59.3 Å². The third kappa shape index (κ3) is 2.47. The first-order valence-electron chi connectivity index (χ1n) is 9.69. The molecule has 7 heteroatoms. The highest BCUT2D eigenvalue weighted by Gasteiger charge is 2.47. The Kier molecular flexibility index (Phi) is 3.35. The summed E-state index contributed by atoms with van der Waals surface area (Å²) in [6.45, 7) is 1.52. The van der Waals surface area contributed by atoms with E-state index < -0.39 is 5.60 Å². The van der Waals surface area contributed by atoms with E-state index in [0.717, 1.165) is 54.0 Å². The molecule has 0 amide bonds. The molecular weight excluding hydrogens is 368 g/mol. The number of oxazole rings is 1. The highest BCUT2D eigenvalue weighted by molar-refractivity contribution is 5.94. The number of imidazole rings is 1. The Morgan fingerprint density at radius 3 is 2.79 bits per heavy atom. The summed E-state index contributed by atoms with van der Waals surface area (Å²) >= 11 is 0. The topological polar surface area (TPSA) is 84.2 Å². The summed E-state index contributed by atoms with van der Waals surface area (Å²) in [6.07, 6.45) is 4.68. The molecule has 7 nitrogen and oxygen atoms in total. The lowest BCUT2D eigenvalue weighted by Gasteiger charge is -2.38. The van der Waals surface area contributed by atoms with Gasteiger partial charge in [-0.25, -0.2) is 14.8 Å². The number of piperidine rings is 1. The fraction of sp³-hybridized carbons (Fsp3) is 0.227. The van der Waals surface area contributed by atoms with Crippen molar-refractivity contribution in [3.05, 3.63) is 66.1 Å². The minimum atomic E-state index is -0.506. The van der Waals surface area contributed by atoms with Crippen LogP contribution < -0.4 is 4.90 Å². The minimum absolute atomic E-state index is 0.211. The van der Waals surface area contributed by atoms with Crippen molar-refractivity contribution in [1.29, 1.82) is 0 Å². The van der Waals surface area contributed by atoms with Crippen molar-refractivity contribution < 1.29 is 13.9 Å². The molecular formula is C22H18N4O3. The molecule has 2 aromatic carbocycles. The van der Waals surface area contributed by atoms with Crippen LogP contribution in [-0.4, -0.2) is 34.0 Å². The van der Waals surface area contributed by atoms with Gasteiger partial charge in [0.1, 0.15) is 11.9 Å². The summed E-state index contributed by atoms with van der Waals surface area (Å²) in [6, 6.07) is 13.7. The molecule has 6 rings (SSSR count). The zero-order valence-corrected chi connectivity index (χ0v) is 15.6. The number of benzene rings is 2. The van der Waals surface area contributed by atoms with Gasteiger partial charge in [-0.15, -0.1) is 0 Å². The van der Waals surface area contributed by atoms with Gasteiger partial charge in [-0.05, 0) is 24.3 Å². The van der Waals surface area contributed by atoms with Crippen molar-refractivity contribution in [2.75, 3.05) is 18.0 Å². The van der Waals surface area contributed by atoms with Gasteiger partial charge in [0.05, 0.1) is 22.8 Å². The highest BCUT2D eigenvalue weighted by Crippen LogP contribution is 2.44. The number of anilines is 1. The smallest absolute Gasteiger partial charge is 0.339 e. The van der Waals surface area contributed by atoms with Gasteiger partial charge >= 0.3 is 5.97 Å². The Balaban J connectivity index is 1.27. The number of aromatic amines is 1. The summed E-state index contributed by atoms with van der Waals surface area (Å²) in [5, 5.41) is 0. The molecule has 0 radical (unpaired) electrons. The second-order valence-corrected chi connectivity index (χ2v) is 7.55.